The average Bonchev–Trinajstić information content (AvgIpc) is 3.36. The largest absolute Gasteiger partial charge is 0.465 e. The Bertz CT molecular complexity index is 798. The first kappa shape index (κ1) is 16.4. The predicted octanol–water partition coefficient (Wildman–Crippen LogP) is 3.91. The van der Waals surface area contributed by atoms with Crippen LogP contribution >= 0.6 is 0 Å². The molecule has 134 valence electrons. The monoisotopic (exact) mass is 353 g/mol. The van der Waals surface area contributed by atoms with E-state index in [9.17, 15) is 9.59 Å². The van der Waals surface area contributed by atoms with E-state index in [1.54, 1.807) is 60.8 Å². The number of furan rings is 2. The number of Topliss-reactive ketones (excluding diaryl/α,β-unsaturated/α-hetero) is 1. The van der Waals surface area contributed by atoms with Crippen molar-refractivity contribution in [3.8, 4) is 0 Å². The molecular formula is C20H19NO5. The Labute approximate surface area is 150 Å². The van der Waals surface area contributed by atoms with Crippen LogP contribution < -0.4 is 0 Å². The molecular weight excluding hydrogens is 334 g/mol. The lowest BCUT2D eigenvalue weighted by molar-refractivity contribution is -0.114. The predicted molar refractivity (Wildman–Crippen MR) is 94.0 cm³/mol. The first-order valence-corrected chi connectivity index (χ1v) is 8.69. The van der Waals surface area contributed by atoms with Crippen LogP contribution in [0.2, 0.25) is 0 Å². The third-order valence-corrected chi connectivity index (χ3v) is 4.79. The molecule has 2 saturated heterocycles. The van der Waals surface area contributed by atoms with Gasteiger partial charge >= 0.3 is 6.09 Å². The summed E-state index contributed by atoms with van der Waals surface area (Å²) in [5.41, 5.74) is 1.08. The molecule has 0 aliphatic carbocycles. The lowest BCUT2D eigenvalue weighted by Crippen LogP contribution is -2.49. The summed E-state index contributed by atoms with van der Waals surface area (Å²) in [7, 11) is 0. The Balaban J connectivity index is 1.80. The highest BCUT2D eigenvalue weighted by Gasteiger charge is 2.49. The van der Waals surface area contributed by atoms with Gasteiger partial charge in [-0.15, -0.1) is 0 Å². The molecule has 2 aromatic rings. The molecule has 4 heterocycles. The van der Waals surface area contributed by atoms with Crippen molar-refractivity contribution < 1.29 is 23.2 Å². The molecule has 2 fully saturated rings. The Hall–Kier alpha value is -3.02. The first-order chi connectivity index (χ1) is 12.7. The molecule has 4 rings (SSSR count). The minimum Gasteiger partial charge on any atom is -0.465 e. The van der Waals surface area contributed by atoms with E-state index in [-0.39, 0.29) is 24.5 Å². The Morgan fingerprint density at radius 1 is 1.12 bits per heavy atom. The highest BCUT2D eigenvalue weighted by Crippen LogP contribution is 2.41. The van der Waals surface area contributed by atoms with Crippen LogP contribution in [0.1, 0.15) is 31.3 Å². The van der Waals surface area contributed by atoms with E-state index in [1.807, 2.05) is 0 Å². The summed E-state index contributed by atoms with van der Waals surface area (Å²) in [6.07, 6.45) is 7.56. The topological polar surface area (TPSA) is 72.9 Å². The van der Waals surface area contributed by atoms with E-state index in [1.165, 1.54) is 0 Å². The van der Waals surface area contributed by atoms with Gasteiger partial charge in [-0.3, -0.25) is 9.69 Å². The highest BCUT2D eigenvalue weighted by atomic mass is 16.6. The molecule has 0 aromatic carbocycles. The van der Waals surface area contributed by atoms with Gasteiger partial charge in [0.2, 0.25) is 0 Å². The number of nitrogens with zero attached hydrogens (tertiary/aromatic N) is 1. The summed E-state index contributed by atoms with van der Waals surface area (Å²) >= 11 is 0. The number of hydrogen-bond acceptors (Lipinski definition) is 5. The van der Waals surface area contributed by atoms with Crippen LogP contribution in [-0.2, 0) is 9.53 Å². The van der Waals surface area contributed by atoms with Crippen molar-refractivity contribution >= 4 is 24.0 Å². The molecule has 0 saturated carbocycles. The van der Waals surface area contributed by atoms with E-state index in [4.69, 9.17) is 13.6 Å². The molecule has 0 unspecified atom stereocenters. The van der Waals surface area contributed by atoms with Crippen molar-refractivity contribution in [1.82, 2.24) is 4.90 Å². The quantitative estimate of drug-likeness (QED) is 0.782. The van der Waals surface area contributed by atoms with Gasteiger partial charge in [-0.1, -0.05) is 0 Å². The Morgan fingerprint density at radius 2 is 1.65 bits per heavy atom. The maximum absolute atomic E-state index is 13.2. The van der Waals surface area contributed by atoms with Crippen molar-refractivity contribution in [1.29, 1.82) is 0 Å². The van der Waals surface area contributed by atoms with E-state index in [0.29, 0.717) is 35.5 Å². The van der Waals surface area contributed by atoms with Crippen LogP contribution in [0.3, 0.4) is 0 Å². The average molecular weight is 353 g/mol. The summed E-state index contributed by atoms with van der Waals surface area (Å²) in [5, 5.41) is 0. The molecule has 26 heavy (non-hydrogen) atoms. The summed E-state index contributed by atoms with van der Waals surface area (Å²) in [4.78, 5) is 27.4. The van der Waals surface area contributed by atoms with Gasteiger partial charge in [-0.05, 0) is 56.2 Å². The number of ketones is 1. The second-order valence-electron chi connectivity index (χ2n) is 6.27. The molecule has 2 atom stereocenters. The van der Waals surface area contributed by atoms with E-state index < -0.39 is 6.09 Å². The van der Waals surface area contributed by atoms with Crippen molar-refractivity contribution in [2.45, 2.75) is 31.8 Å². The fourth-order valence-corrected chi connectivity index (χ4v) is 3.72. The molecule has 2 aromatic heterocycles. The van der Waals surface area contributed by atoms with Crippen LogP contribution in [-0.4, -0.2) is 35.5 Å². The molecule has 0 spiro atoms. The molecule has 2 aliphatic heterocycles. The highest BCUT2D eigenvalue weighted by molar-refractivity contribution is 6.16. The zero-order valence-corrected chi connectivity index (χ0v) is 14.4. The van der Waals surface area contributed by atoms with Crippen molar-refractivity contribution in [3.05, 3.63) is 59.5 Å². The molecule has 6 nitrogen and oxygen atoms in total. The lowest BCUT2D eigenvalue weighted by atomic mass is 9.89. The fraction of sp³-hybridized carbons (Fsp3) is 0.300. The van der Waals surface area contributed by atoms with E-state index >= 15 is 0 Å². The Morgan fingerprint density at radius 3 is 2.08 bits per heavy atom. The fourth-order valence-electron chi connectivity index (χ4n) is 3.72. The van der Waals surface area contributed by atoms with Gasteiger partial charge in [-0.2, -0.15) is 0 Å². The number of ether oxygens (including phenoxy) is 1. The third kappa shape index (κ3) is 2.77. The van der Waals surface area contributed by atoms with Gasteiger partial charge in [0.05, 0.1) is 31.2 Å². The second kappa shape index (κ2) is 6.71. The zero-order chi connectivity index (χ0) is 18.1. The van der Waals surface area contributed by atoms with Crippen LogP contribution in [0.25, 0.3) is 12.2 Å². The first-order valence-electron chi connectivity index (χ1n) is 8.69. The number of amides is 1. The lowest BCUT2D eigenvalue weighted by Gasteiger charge is -2.36. The van der Waals surface area contributed by atoms with Gasteiger partial charge in [0, 0.05) is 11.1 Å². The van der Waals surface area contributed by atoms with Gasteiger partial charge in [0.1, 0.15) is 11.5 Å². The molecule has 2 bridgehead atoms. The normalized spacial score (nSPS) is 25.3. The number of carbonyl (C=O) groups excluding carboxylic acids is 2. The Kier molecular flexibility index (Phi) is 4.24. The summed E-state index contributed by atoms with van der Waals surface area (Å²) in [6.45, 7) is 2.06. The molecule has 6 heteroatoms. The standard InChI is InChI=1S/C20H19NO5/c1-2-24-20(23)21-17-7-8-18(21)16(12-14-6-4-10-26-14)19(22)15(17)11-13-5-3-9-25-13/h3-6,9-12,17-18H,2,7-8H2,1H3/b15-11+,16-12+/t17-,18+. The van der Waals surface area contributed by atoms with Crippen LogP contribution in [0.5, 0.6) is 0 Å². The third-order valence-electron chi connectivity index (χ3n) is 4.79. The van der Waals surface area contributed by atoms with Gasteiger partial charge < -0.3 is 13.6 Å². The van der Waals surface area contributed by atoms with Crippen LogP contribution in [0.15, 0.2) is 56.8 Å². The zero-order valence-electron chi connectivity index (χ0n) is 14.4. The number of rotatable bonds is 3. The van der Waals surface area contributed by atoms with Crippen molar-refractivity contribution in [2.24, 2.45) is 0 Å². The molecule has 0 N–H and O–H groups in total. The van der Waals surface area contributed by atoms with Crippen LogP contribution in [0, 0.1) is 0 Å². The van der Waals surface area contributed by atoms with Gasteiger partial charge in [0.15, 0.2) is 5.78 Å². The summed E-state index contributed by atoms with van der Waals surface area (Å²) in [6, 6.07) is 6.49. The number of fused-ring (bicyclic) bond motifs is 2. The second-order valence-corrected chi connectivity index (χ2v) is 6.27. The number of hydrogen-bond donors (Lipinski definition) is 0. The van der Waals surface area contributed by atoms with Gasteiger partial charge in [-0.25, -0.2) is 4.79 Å². The number of carbonyl (C=O) groups is 2. The summed E-state index contributed by atoms with van der Waals surface area (Å²) < 4.78 is 16.0. The van der Waals surface area contributed by atoms with E-state index in [0.717, 1.165) is 0 Å². The number of piperidine rings is 1. The molecule has 1 amide bonds. The maximum atomic E-state index is 13.2. The smallest absolute Gasteiger partial charge is 0.410 e. The summed E-state index contributed by atoms with van der Waals surface area (Å²) in [5.74, 6) is 1.09. The molecule has 2 aliphatic rings. The van der Waals surface area contributed by atoms with Crippen LogP contribution in [0.4, 0.5) is 4.79 Å². The van der Waals surface area contributed by atoms with Crippen molar-refractivity contribution in [2.75, 3.05) is 6.61 Å². The van der Waals surface area contributed by atoms with Crippen molar-refractivity contribution in [3.63, 3.8) is 0 Å². The minimum atomic E-state index is -0.400. The minimum absolute atomic E-state index is 0.0779. The molecule has 0 radical (unpaired) electrons. The van der Waals surface area contributed by atoms with E-state index in [2.05, 4.69) is 0 Å². The van der Waals surface area contributed by atoms with Gasteiger partial charge in [0.25, 0.3) is 0 Å². The SMILES string of the molecule is CCOC(=O)N1[C@@H]2CC[C@H]1/C(=C\c1ccco1)C(=O)/C2=C/c1ccco1. The maximum Gasteiger partial charge on any atom is 0.410 e.